The van der Waals surface area contributed by atoms with Crippen molar-refractivity contribution in [2.75, 3.05) is 13.2 Å². The maximum absolute atomic E-state index is 13.6. The molecule has 2 aromatic rings. The van der Waals surface area contributed by atoms with E-state index < -0.39 is 29.8 Å². The molecular weight excluding hydrogens is 546 g/mol. The molecule has 2 amide bonds. The smallest absolute Gasteiger partial charge is 0.303 e. The Bertz CT molecular complexity index is 1360. The topological polar surface area (TPSA) is 135 Å². The Balaban J connectivity index is 1.56. The summed E-state index contributed by atoms with van der Waals surface area (Å²) in [7, 11) is 0. The van der Waals surface area contributed by atoms with Crippen LogP contribution in [0.15, 0.2) is 65.7 Å². The second-order valence-corrected chi connectivity index (χ2v) is 12.0. The molecule has 1 aliphatic heterocycles. The molecule has 2 aromatic carbocycles. The molecule has 8 nitrogen and oxygen atoms in total. The van der Waals surface area contributed by atoms with E-state index in [0.29, 0.717) is 44.1 Å². The Morgan fingerprint density at radius 3 is 2.40 bits per heavy atom. The minimum Gasteiger partial charge on any atom is -0.508 e. The first-order chi connectivity index (χ1) is 20.6. The van der Waals surface area contributed by atoms with Crippen LogP contribution in [-0.4, -0.2) is 62.4 Å². The van der Waals surface area contributed by atoms with Gasteiger partial charge in [0.1, 0.15) is 5.75 Å². The van der Waals surface area contributed by atoms with E-state index in [-0.39, 0.29) is 43.1 Å². The van der Waals surface area contributed by atoms with Crippen molar-refractivity contribution in [2.45, 2.75) is 64.9 Å². The molecule has 1 fully saturated rings. The number of hydrogen-bond donors (Lipinski definition) is 4. The van der Waals surface area contributed by atoms with Gasteiger partial charge in [-0.2, -0.15) is 0 Å². The fourth-order valence-corrected chi connectivity index (χ4v) is 6.67. The molecule has 4 N–H and O–H groups in total. The largest absolute Gasteiger partial charge is 0.508 e. The normalized spacial score (nSPS) is 21.5. The Morgan fingerprint density at radius 2 is 1.74 bits per heavy atom. The van der Waals surface area contributed by atoms with E-state index >= 15 is 0 Å². The second-order valence-electron chi connectivity index (χ2n) is 12.0. The van der Waals surface area contributed by atoms with Crippen molar-refractivity contribution in [1.82, 2.24) is 4.90 Å². The summed E-state index contributed by atoms with van der Waals surface area (Å²) >= 11 is 0. The summed E-state index contributed by atoms with van der Waals surface area (Å²) in [4.78, 5) is 39.1. The number of imide groups is 1. The lowest BCUT2D eigenvalue weighted by molar-refractivity contribution is -0.141. The van der Waals surface area contributed by atoms with Crippen molar-refractivity contribution >= 4 is 29.4 Å². The van der Waals surface area contributed by atoms with E-state index in [0.717, 1.165) is 22.3 Å². The minimum absolute atomic E-state index is 0.0176. The molecule has 43 heavy (non-hydrogen) atoms. The van der Waals surface area contributed by atoms with E-state index in [1.165, 1.54) is 4.90 Å². The number of aliphatic carboxylic acids is 1. The number of hydrogen-bond acceptors (Lipinski definition) is 6. The van der Waals surface area contributed by atoms with Crippen molar-refractivity contribution in [3.05, 3.63) is 76.9 Å². The SMILES string of the molecule is CC(C)C1=C([C@H](O)CC/C(=C/c2cccc(O)c2)c2ccccc2)[C@H](CO)[C@@H]2C(=O)N(CCCCCC(=O)O)C(=O)[C@@H]2C1. The molecular formula is C35H43NO7. The molecule has 0 bridgehead atoms. The Morgan fingerprint density at radius 1 is 1.00 bits per heavy atom. The number of allylic oxidation sites excluding steroid dienone is 2. The third-order valence-electron chi connectivity index (χ3n) is 8.78. The summed E-state index contributed by atoms with van der Waals surface area (Å²) in [5.74, 6) is -3.18. The zero-order valence-electron chi connectivity index (χ0n) is 25.0. The minimum atomic E-state index is -0.917. The van der Waals surface area contributed by atoms with E-state index in [1.54, 1.807) is 18.2 Å². The number of aliphatic hydroxyl groups is 2. The van der Waals surface area contributed by atoms with Crippen molar-refractivity contribution < 1.29 is 34.8 Å². The molecule has 0 unspecified atom stereocenters. The Hall–Kier alpha value is -3.75. The first-order valence-corrected chi connectivity index (χ1v) is 15.3. The highest BCUT2D eigenvalue weighted by atomic mass is 16.4. The van der Waals surface area contributed by atoms with Gasteiger partial charge in [0, 0.05) is 18.9 Å². The van der Waals surface area contributed by atoms with Crippen LogP contribution < -0.4 is 0 Å². The molecule has 4 rings (SSSR count). The monoisotopic (exact) mass is 589 g/mol. The molecule has 0 saturated carbocycles. The second kappa shape index (κ2) is 14.6. The molecule has 2 aliphatic rings. The number of phenols is 1. The molecule has 0 radical (unpaired) electrons. The van der Waals surface area contributed by atoms with Gasteiger partial charge in [-0.1, -0.05) is 74.4 Å². The maximum atomic E-state index is 13.6. The summed E-state index contributed by atoms with van der Waals surface area (Å²) in [5, 5.41) is 41.1. The lowest BCUT2D eigenvalue weighted by atomic mass is 9.66. The summed E-state index contributed by atoms with van der Waals surface area (Å²) < 4.78 is 0. The number of amides is 2. The van der Waals surface area contributed by atoms with Gasteiger partial charge in [-0.05, 0) is 72.4 Å². The number of aliphatic hydroxyl groups excluding tert-OH is 2. The van der Waals surface area contributed by atoms with E-state index in [1.807, 2.05) is 56.3 Å². The third kappa shape index (κ3) is 7.61. The van der Waals surface area contributed by atoms with Gasteiger partial charge in [-0.15, -0.1) is 0 Å². The molecule has 1 saturated heterocycles. The van der Waals surface area contributed by atoms with Crippen LogP contribution in [0.2, 0.25) is 0 Å². The number of carbonyl (C=O) groups excluding carboxylic acids is 2. The number of fused-ring (bicyclic) bond motifs is 1. The summed E-state index contributed by atoms with van der Waals surface area (Å²) in [6.07, 6.45) is 3.98. The van der Waals surface area contributed by atoms with Crippen LogP contribution >= 0.6 is 0 Å². The van der Waals surface area contributed by atoms with Gasteiger partial charge in [-0.25, -0.2) is 0 Å². The quantitative estimate of drug-likeness (QED) is 0.102. The zero-order valence-corrected chi connectivity index (χ0v) is 25.0. The lowest BCUT2D eigenvalue weighted by Crippen LogP contribution is -2.40. The number of carbonyl (C=O) groups is 3. The number of phenolic OH excluding ortho intramolecular Hbond substituents is 1. The fourth-order valence-electron chi connectivity index (χ4n) is 6.67. The molecule has 0 aromatic heterocycles. The van der Waals surface area contributed by atoms with Crippen LogP contribution in [0.4, 0.5) is 0 Å². The highest BCUT2D eigenvalue weighted by molar-refractivity contribution is 6.05. The summed E-state index contributed by atoms with van der Waals surface area (Å²) in [6.45, 7) is 3.91. The van der Waals surface area contributed by atoms with Crippen LogP contribution in [0.3, 0.4) is 0 Å². The maximum Gasteiger partial charge on any atom is 0.303 e. The Labute approximate surface area is 253 Å². The van der Waals surface area contributed by atoms with E-state index in [9.17, 15) is 29.7 Å². The van der Waals surface area contributed by atoms with Gasteiger partial charge in [0.2, 0.25) is 11.8 Å². The number of carboxylic acid groups (broad SMARTS) is 1. The van der Waals surface area contributed by atoms with Crippen molar-refractivity contribution in [3.8, 4) is 5.75 Å². The first-order valence-electron chi connectivity index (χ1n) is 15.3. The van der Waals surface area contributed by atoms with Crippen LogP contribution in [0.5, 0.6) is 5.75 Å². The van der Waals surface area contributed by atoms with Crippen molar-refractivity contribution in [2.24, 2.45) is 23.7 Å². The predicted octanol–water partition coefficient (Wildman–Crippen LogP) is 5.28. The van der Waals surface area contributed by atoms with Crippen LogP contribution in [0, 0.1) is 23.7 Å². The van der Waals surface area contributed by atoms with Crippen LogP contribution in [-0.2, 0) is 14.4 Å². The number of aromatic hydroxyl groups is 1. The van der Waals surface area contributed by atoms with E-state index in [2.05, 4.69) is 0 Å². The van der Waals surface area contributed by atoms with Gasteiger partial charge < -0.3 is 20.4 Å². The highest BCUT2D eigenvalue weighted by Gasteiger charge is 2.54. The number of rotatable bonds is 14. The molecule has 1 heterocycles. The standard InChI is InChI=1S/C35H43NO7/c1-22(2)27-20-28-33(35(43)36(34(28)42)17-8-4-7-14-31(40)41)29(21-37)32(27)30(39)16-15-25(24-11-5-3-6-12-24)18-23-10-9-13-26(38)19-23/h3,5-6,9-13,18-19,22,28-30,33,37-39H,4,7-8,14-17,20-21H2,1-2H3,(H,40,41)/b25-18-/t28-,29+,30-,33-/m1/s1. The average Bonchev–Trinajstić information content (AvgIpc) is 3.22. The predicted molar refractivity (Wildman–Crippen MR) is 165 cm³/mol. The highest BCUT2D eigenvalue weighted by Crippen LogP contribution is 2.48. The van der Waals surface area contributed by atoms with Crippen LogP contribution in [0.25, 0.3) is 11.6 Å². The van der Waals surface area contributed by atoms with Gasteiger partial charge in [0.25, 0.3) is 0 Å². The van der Waals surface area contributed by atoms with Gasteiger partial charge >= 0.3 is 5.97 Å². The molecule has 230 valence electrons. The lowest BCUT2D eigenvalue weighted by Gasteiger charge is -2.38. The van der Waals surface area contributed by atoms with Gasteiger partial charge in [0.05, 0.1) is 24.5 Å². The Kier molecular flexibility index (Phi) is 10.9. The first kappa shape index (κ1) is 32.2. The van der Waals surface area contributed by atoms with Gasteiger partial charge in [-0.3, -0.25) is 19.3 Å². The number of benzene rings is 2. The number of carboxylic acids is 1. The molecule has 4 atom stereocenters. The third-order valence-corrected chi connectivity index (χ3v) is 8.78. The van der Waals surface area contributed by atoms with Crippen molar-refractivity contribution in [3.63, 3.8) is 0 Å². The van der Waals surface area contributed by atoms with Gasteiger partial charge in [0.15, 0.2) is 0 Å². The van der Waals surface area contributed by atoms with E-state index in [4.69, 9.17) is 5.11 Å². The van der Waals surface area contributed by atoms with Crippen molar-refractivity contribution in [1.29, 1.82) is 0 Å². The molecule has 0 spiro atoms. The number of likely N-dealkylation sites (tertiary alicyclic amines) is 1. The zero-order chi connectivity index (χ0) is 31.1. The van der Waals surface area contributed by atoms with Crippen LogP contribution in [0.1, 0.15) is 69.9 Å². The molecule has 8 heteroatoms. The number of nitrogens with zero attached hydrogens (tertiary/aromatic N) is 1. The fraction of sp³-hybridized carbons (Fsp3) is 0.457. The number of unbranched alkanes of at least 4 members (excludes halogenated alkanes) is 2. The summed E-state index contributed by atoms with van der Waals surface area (Å²) in [6, 6.07) is 16.8. The summed E-state index contributed by atoms with van der Waals surface area (Å²) in [5.41, 5.74) is 4.41. The average molecular weight is 590 g/mol. The molecule has 1 aliphatic carbocycles.